The second-order valence-electron chi connectivity index (χ2n) is 8.03. The summed E-state index contributed by atoms with van der Waals surface area (Å²) in [6.07, 6.45) is 0.771. The molecule has 3 aromatic carbocycles. The Balaban J connectivity index is 1.72. The fourth-order valence-corrected chi connectivity index (χ4v) is 4.25. The molecule has 0 aliphatic carbocycles. The molecule has 0 saturated carbocycles. The number of hydrogen-bond donors (Lipinski definition) is 1. The van der Waals surface area contributed by atoms with Gasteiger partial charge in [-0.2, -0.15) is 0 Å². The minimum absolute atomic E-state index is 0.0106. The molecule has 0 bridgehead atoms. The minimum Gasteiger partial charge on any atom is -0.484 e. The van der Waals surface area contributed by atoms with Crippen molar-refractivity contribution in [2.75, 3.05) is 19.7 Å². The van der Waals surface area contributed by atoms with Crippen molar-refractivity contribution in [3.63, 3.8) is 0 Å². The normalized spacial score (nSPS) is 15.1. The van der Waals surface area contributed by atoms with E-state index in [0.717, 1.165) is 23.1 Å². The number of nitrogens with zero attached hydrogens (tertiary/aromatic N) is 1. The number of rotatable bonds is 6. The Morgan fingerprint density at radius 1 is 1.03 bits per heavy atom. The van der Waals surface area contributed by atoms with Gasteiger partial charge >= 0.3 is 0 Å². The average Bonchev–Trinajstić information content (AvgIpc) is 2.82. The molecule has 1 N–H and O–H groups in total. The molecule has 0 spiro atoms. The van der Waals surface area contributed by atoms with Crippen LogP contribution in [-0.2, 0) is 11.2 Å². The van der Waals surface area contributed by atoms with E-state index in [1.165, 1.54) is 5.56 Å². The van der Waals surface area contributed by atoms with Crippen LogP contribution in [-0.4, -0.2) is 36.4 Å². The number of benzene rings is 3. The van der Waals surface area contributed by atoms with Crippen LogP contribution in [0.25, 0.3) is 0 Å². The standard InChI is InChI=1S/C27H28N2O3/c1-3-28-25(30)18-32-23-13-12-20-14-15-29(27(31)21-9-5-4-6-10-21)26(24(20)17-23)22-11-7-8-19(2)16-22/h4-13,16-17,26H,3,14-15,18H2,1-2H3,(H,28,30). The van der Waals surface area contributed by atoms with Crippen LogP contribution in [0.1, 0.15) is 45.6 Å². The summed E-state index contributed by atoms with van der Waals surface area (Å²) >= 11 is 0. The van der Waals surface area contributed by atoms with Crippen molar-refractivity contribution >= 4 is 11.8 Å². The van der Waals surface area contributed by atoms with Gasteiger partial charge in [0.25, 0.3) is 11.8 Å². The molecular formula is C27H28N2O3. The number of hydrogen-bond acceptors (Lipinski definition) is 3. The zero-order chi connectivity index (χ0) is 22.5. The van der Waals surface area contributed by atoms with Crippen LogP contribution in [0.5, 0.6) is 5.75 Å². The van der Waals surface area contributed by atoms with E-state index in [4.69, 9.17) is 4.74 Å². The SMILES string of the molecule is CCNC(=O)COc1ccc2c(c1)C(c1cccc(C)c1)N(C(=O)c1ccccc1)CC2. The molecule has 4 rings (SSSR count). The van der Waals surface area contributed by atoms with Gasteiger partial charge in [-0.05, 0) is 61.2 Å². The summed E-state index contributed by atoms with van der Waals surface area (Å²) < 4.78 is 5.76. The van der Waals surface area contributed by atoms with E-state index in [0.29, 0.717) is 24.4 Å². The Hall–Kier alpha value is -3.60. The molecule has 1 unspecified atom stereocenters. The Morgan fingerprint density at radius 2 is 1.84 bits per heavy atom. The molecule has 0 saturated heterocycles. The predicted octanol–water partition coefficient (Wildman–Crippen LogP) is 4.30. The molecule has 2 amide bonds. The third-order valence-corrected chi connectivity index (χ3v) is 5.73. The minimum atomic E-state index is -0.223. The highest BCUT2D eigenvalue weighted by molar-refractivity contribution is 5.95. The third-order valence-electron chi connectivity index (χ3n) is 5.73. The second-order valence-corrected chi connectivity index (χ2v) is 8.03. The van der Waals surface area contributed by atoms with Gasteiger partial charge in [0.2, 0.25) is 0 Å². The first kappa shape index (κ1) is 21.6. The van der Waals surface area contributed by atoms with Gasteiger partial charge in [-0.3, -0.25) is 9.59 Å². The summed E-state index contributed by atoms with van der Waals surface area (Å²) in [4.78, 5) is 27.3. The van der Waals surface area contributed by atoms with Crippen molar-refractivity contribution in [2.24, 2.45) is 0 Å². The van der Waals surface area contributed by atoms with Crippen molar-refractivity contribution < 1.29 is 14.3 Å². The monoisotopic (exact) mass is 428 g/mol. The Bertz CT molecular complexity index is 1110. The first-order valence-electron chi connectivity index (χ1n) is 11.0. The number of fused-ring (bicyclic) bond motifs is 1. The van der Waals surface area contributed by atoms with Gasteiger partial charge in [-0.25, -0.2) is 0 Å². The smallest absolute Gasteiger partial charge is 0.257 e. The molecule has 0 radical (unpaired) electrons. The molecule has 1 aliphatic rings. The number of ether oxygens (including phenoxy) is 1. The number of carbonyl (C=O) groups excluding carboxylic acids is 2. The summed E-state index contributed by atoms with van der Waals surface area (Å²) in [6, 6.07) is 23.4. The zero-order valence-corrected chi connectivity index (χ0v) is 18.5. The van der Waals surface area contributed by atoms with Crippen LogP contribution in [0.15, 0.2) is 72.8 Å². The Labute approximate surface area is 189 Å². The van der Waals surface area contributed by atoms with Crippen molar-refractivity contribution in [1.82, 2.24) is 10.2 Å². The van der Waals surface area contributed by atoms with Crippen LogP contribution >= 0.6 is 0 Å². The predicted molar refractivity (Wildman–Crippen MR) is 125 cm³/mol. The lowest BCUT2D eigenvalue weighted by Gasteiger charge is -2.38. The van der Waals surface area contributed by atoms with E-state index < -0.39 is 0 Å². The van der Waals surface area contributed by atoms with E-state index in [2.05, 4.69) is 36.5 Å². The molecule has 1 heterocycles. The third kappa shape index (κ3) is 4.67. The van der Waals surface area contributed by atoms with Crippen LogP contribution in [0.4, 0.5) is 0 Å². The van der Waals surface area contributed by atoms with Gasteiger partial charge in [-0.1, -0.05) is 54.1 Å². The van der Waals surface area contributed by atoms with Crippen molar-refractivity contribution in [2.45, 2.75) is 26.3 Å². The number of carbonyl (C=O) groups is 2. The van der Waals surface area contributed by atoms with Crippen molar-refractivity contribution in [3.05, 3.63) is 101 Å². The first-order valence-corrected chi connectivity index (χ1v) is 11.0. The van der Waals surface area contributed by atoms with Crippen LogP contribution in [0.3, 0.4) is 0 Å². The summed E-state index contributed by atoms with van der Waals surface area (Å²) in [7, 11) is 0. The fourth-order valence-electron chi connectivity index (χ4n) is 4.25. The molecule has 0 fully saturated rings. The summed E-state index contributed by atoms with van der Waals surface area (Å²) in [5.41, 5.74) is 5.12. The average molecular weight is 429 g/mol. The highest BCUT2D eigenvalue weighted by atomic mass is 16.5. The molecule has 5 heteroatoms. The van der Waals surface area contributed by atoms with Crippen LogP contribution in [0.2, 0.25) is 0 Å². The highest BCUT2D eigenvalue weighted by Gasteiger charge is 2.33. The van der Waals surface area contributed by atoms with E-state index in [-0.39, 0.29) is 24.5 Å². The summed E-state index contributed by atoms with van der Waals surface area (Å²) in [5.74, 6) is 0.486. The van der Waals surface area contributed by atoms with Gasteiger partial charge in [-0.15, -0.1) is 0 Å². The number of nitrogens with one attached hydrogen (secondary N) is 1. The molecule has 1 atom stereocenters. The molecule has 0 aromatic heterocycles. The maximum Gasteiger partial charge on any atom is 0.257 e. The molecule has 164 valence electrons. The van der Waals surface area contributed by atoms with Gasteiger partial charge in [0, 0.05) is 18.7 Å². The Kier molecular flexibility index (Phi) is 6.55. The number of likely N-dealkylation sites (N-methyl/N-ethyl adjacent to an activating group) is 1. The van der Waals surface area contributed by atoms with Crippen molar-refractivity contribution in [1.29, 1.82) is 0 Å². The molecular weight excluding hydrogens is 400 g/mol. The zero-order valence-electron chi connectivity index (χ0n) is 18.5. The molecule has 5 nitrogen and oxygen atoms in total. The van der Waals surface area contributed by atoms with Gasteiger partial charge in [0.05, 0.1) is 6.04 Å². The topological polar surface area (TPSA) is 58.6 Å². The lowest BCUT2D eigenvalue weighted by atomic mass is 9.87. The largest absolute Gasteiger partial charge is 0.484 e. The molecule has 32 heavy (non-hydrogen) atoms. The number of amides is 2. The fraction of sp³-hybridized carbons (Fsp3) is 0.259. The van der Waals surface area contributed by atoms with E-state index in [9.17, 15) is 9.59 Å². The molecule has 3 aromatic rings. The Morgan fingerprint density at radius 3 is 2.59 bits per heavy atom. The quantitative estimate of drug-likeness (QED) is 0.637. The van der Waals surface area contributed by atoms with Gasteiger partial charge < -0.3 is 15.0 Å². The number of aryl methyl sites for hydroxylation is 1. The molecule has 1 aliphatic heterocycles. The lowest BCUT2D eigenvalue weighted by Crippen LogP contribution is -2.40. The van der Waals surface area contributed by atoms with Crippen LogP contribution in [0, 0.1) is 6.92 Å². The highest BCUT2D eigenvalue weighted by Crippen LogP contribution is 2.38. The summed E-state index contributed by atoms with van der Waals surface area (Å²) in [6.45, 7) is 5.11. The maximum absolute atomic E-state index is 13.5. The second kappa shape index (κ2) is 9.69. The van der Waals surface area contributed by atoms with Crippen LogP contribution < -0.4 is 10.1 Å². The van der Waals surface area contributed by atoms with E-state index in [1.807, 2.05) is 60.4 Å². The maximum atomic E-state index is 13.5. The van der Waals surface area contributed by atoms with Gasteiger partial charge in [0.1, 0.15) is 5.75 Å². The van der Waals surface area contributed by atoms with Gasteiger partial charge in [0.15, 0.2) is 6.61 Å². The van der Waals surface area contributed by atoms with E-state index in [1.54, 1.807) is 0 Å². The lowest BCUT2D eigenvalue weighted by molar-refractivity contribution is -0.122. The van der Waals surface area contributed by atoms with Crippen molar-refractivity contribution in [3.8, 4) is 5.75 Å². The summed E-state index contributed by atoms with van der Waals surface area (Å²) in [5, 5.41) is 2.74. The first-order chi connectivity index (χ1) is 15.6. The van der Waals surface area contributed by atoms with E-state index >= 15 is 0 Å².